The zero-order valence-electron chi connectivity index (χ0n) is 13.3. The van der Waals surface area contributed by atoms with Crippen LogP contribution in [0.15, 0.2) is 54.6 Å². The molecule has 0 bridgehead atoms. The van der Waals surface area contributed by atoms with Crippen molar-refractivity contribution >= 4 is 23.6 Å². The summed E-state index contributed by atoms with van der Waals surface area (Å²) in [6.45, 7) is -3.50. The molecule has 0 aliphatic heterocycles. The van der Waals surface area contributed by atoms with Crippen molar-refractivity contribution in [1.29, 1.82) is 0 Å². The van der Waals surface area contributed by atoms with Gasteiger partial charge >= 0.3 is 12.6 Å². The van der Waals surface area contributed by atoms with Crippen LogP contribution in [0.3, 0.4) is 0 Å². The molecule has 136 valence electrons. The van der Waals surface area contributed by atoms with Crippen molar-refractivity contribution in [2.75, 3.05) is 11.9 Å². The van der Waals surface area contributed by atoms with Gasteiger partial charge in [-0.1, -0.05) is 18.2 Å². The van der Waals surface area contributed by atoms with Gasteiger partial charge in [-0.2, -0.15) is 8.78 Å². The standard InChI is InChI=1S/C18H14F3NO4/c19-15-4-2-1-3-12(15)5-10-17(24)25-11-16(23)22-13-6-8-14(9-7-13)26-18(20)21/h1-10,18H,11H2,(H,22,23)/b10-5+. The van der Waals surface area contributed by atoms with E-state index in [1.807, 2.05) is 0 Å². The molecule has 0 radical (unpaired) electrons. The van der Waals surface area contributed by atoms with Crippen molar-refractivity contribution in [2.45, 2.75) is 6.61 Å². The van der Waals surface area contributed by atoms with Crippen molar-refractivity contribution in [3.05, 3.63) is 66.0 Å². The van der Waals surface area contributed by atoms with E-state index in [-0.39, 0.29) is 11.3 Å². The number of benzene rings is 2. The number of alkyl halides is 2. The Bertz CT molecular complexity index is 791. The van der Waals surface area contributed by atoms with Gasteiger partial charge in [0, 0.05) is 17.3 Å². The molecule has 0 saturated heterocycles. The Morgan fingerprint density at radius 3 is 2.42 bits per heavy atom. The minimum atomic E-state index is -2.94. The predicted molar refractivity (Wildman–Crippen MR) is 88.1 cm³/mol. The molecule has 1 N–H and O–H groups in total. The molecule has 1 amide bonds. The Balaban J connectivity index is 1.79. The van der Waals surface area contributed by atoms with Crippen LogP contribution in [0, 0.1) is 5.82 Å². The summed E-state index contributed by atoms with van der Waals surface area (Å²) in [6.07, 6.45) is 2.24. The molecule has 2 aromatic carbocycles. The lowest BCUT2D eigenvalue weighted by molar-refractivity contribution is -0.142. The Hall–Kier alpha value is -3.29. The van der Waals surface area contributed by atoms with Crippen LogP contribution in [0.2, 0.25) is 0 Å². The van der Waals surface area contributed by atoms with E-state index in [0.717, 1.165) is 6.08 Å². The highest BCUT2D eigenvalue weighted by Gasteiger charge is 2.08. The molecule has 0 saturated carbocycles. The van der Waals surface area contributed by atoms with E-state index in [4.69, 9.17) is 4.74 Å². The Labute approximate surface area is 147 Å². The van der Waals surface area contributed by atoms with Gasteiger partial charge in [0.2, 0.25) is 0 Å². The number of amides is 1. The Kier molecular flexibility index (Phi) is 6.78. The van der Waals surface area contributed by atoms with Gasteiger partial charge in [-0.15, -0.1) is 0 Å². The maximum atomic E-state index is 13.4. The van der Waals surface area contributed by atoms with E-state index in [9.17, 15) is 22.8 Å². The first kappa shape index (κ1) is 19.0. The van der Waals surface area contributed by atoms with Gasteiger partial charge in [-0.3, -0.25) is 4.79 Å². The largest absolute Gasteiger partial charge is 0.452 e. The highest BCUT2D eigenvalue weighted by Crippen LogP contribution is 2.17. The summed E-state index contributed by atoms with van der Waals surface area (Å²) in [5.74, 6) is -1.99. The van der Waals surface area contributed by atoms with E-state index in [2.05, 4.69) is 10.1 Å². The van der Waals surface area contributed by atoms with E-state index >= 15 is 0 Å². The van der Waals surface area contributed by atoms with Crippen LogP contribution in [-0.4, -0.2) is 25.1 Å². The third-order valence-electron chi connectivity index (χ3n) is 3.01. The number of anilines is 1. The quantitative estimate of drug-likeness (QED) is 0.601. The van der Waals surface area contributed by atoms with Crippen LogP contribution in [-0.2, 0) is 14.3 Å². The molecule has 5 nitrogen and oxygen atoms in total. The molecule has 0 aromatic heterocycles. The average Bonchev–Trinajstić information content (AvgIpc) is 2.60. The number of ether oxygens (including phenoxy) is 2. The molecule has 2 rings (SSSR count). The first-order valence-corrected chi connectivity index (χ1v) is 7.38. The second-order valence-electron chi connectivity index (χ2n) is 4.91. The van der Waals surface area contributed by atoms with Crippen LogP contribution in [0.5, 0.6) is 5.75 Å². The van der Waals surface area contributed by atoms with Crippen LogP contribution >= 0.6 is 0 Å². The smallest absolute Gasteiger partial charge is 0.387 e. The summed E-state index contributed by atoms with van der Waals surface area (Å²) in [5.41, 5.74) is 0.523. The summed E-state index contributed by atoms with van der Waals surface area (Å²) in [5, 5.41) is 2.42. The minimum absolute atomic E-state index is 0.0530. The number of esters is 1. The maximum absolute atomic E-state index is 13.4. The number of rotatable bonds is 7. The average molecular weight is 365 g/mol. The fourth-order valence-corrected chi connectivity index (χ4v) is 1.87. The zero-order chi connectivity index (χ0) is 18.9. The molecule has 2 aromatic rings. The van der Waals surface area contributed by atoms with Crippen molar-refractivity contribution in [3.8, 4) is 5.75 Å². The molecular formula is C18H14F3NO4. The van der Waals surface area contributed by atoms with Crippen molar-refractivity contribution < 1.29 is 32.2 Å². The van der Waals surface area contributed by atoms with Gasteiger partial charge in [0.15, 0.2) is 6.61 Å². The summed E-state index contributed by atoms with van der Waals surface area (Å²) in [4.78, 5) is 23.2. The first-order valence-electron chi connectivity index (χ1n) is 7.38. The molecule has 0 heterocycles. The topological polar surface area (TPSA) is 64.6 Å². The van der Waals surface area contributed by atoms with Crippen LogP contribution in [0.4, 0.5) is 18.9 Å². The lowest BCUT2D eigenvalue weighted by Gasteiger charge is -2.07. The third kappa shape index (κ3) is 6.31. The number of nitrogens with one attached hydrogen (secondary N) is 1. The Morgan fingerprint density at radius 2 is 1.77 bits per heavy atom. The molecule has 0 fully saturated rings. The van der Waals surface area contributed by atoms with E-state index in [0.29, 0.717) is 5.69 Å². The van der Waals surface area contributed by atoms with Gasteiger partial charge in [0.05, 0.1) is 0 Å². The first-order chi connectivity index (χ1) is 12.4. The zero-order valence-corrected chi connectivity index (χ0v) is 13.3. The lowest BCUT2D eigenvalue weighted by Crippen LogP contribution is -2.20. The predicted octanol–water partition coefficient (Wildman–Crippen LogP) is 3.62. The number of carbonyl (C=O) groups is 2. The molecule has 0 aliphatic carbocycles. The third-order valence-corrected chi connectivity index (χ3v) is 3.01. The van der Waals surface area contributed by atoms with E-state index in [1.165, 1.54) is 48.5 Å². The highest BCUT2D eigenvalue weighted by molar-refractivity contribution is 5.94. The summed E-state index contributed by atoms with van der Waals surface area (Å²) >= 11 is 0. The molecule has 0 aliphatic rings. The van der Waals surface area contributed by atoms with E-state index in [1.54, 1.807) is 6.07 Å². The summed E-state index contributed by atoms with van der Waals surface area (Å²) in [7, 11) is 0. The lowest BCUT2D eigenvalue weighted by atomic mass is 10.2. The molecule has 8 heteroatoms. The van der Waals surface area contributed by atoms with Gasteiger partial charge in [-0.05, 0) is 36.4 Å². The molecule has 0 unspecified atom stereocenters. The van der Waals surface area contributed by atoms with Crippen molar-refractivity contribution in [3.63, 3.8) is 0 Å². The normalized spacial score (nSPS) is 10.8. The molecular weight excluding hydrogens is 351 g/mol. The van der Waals surface area contributed by atoms with Crippen molar-refractivity contribution in [2.24, 2.45) is 0 Å². The second kappa shape index (κ2) is 9.26. The van der Waals surface area contributed by atoms with Crippen LogP contribution < -0.4 is 10.1 Å². The molecule has 0 spiro atoms. The van der Waals surface area contributed by atoms with Gasteiger partial charge in [0.25, 0.3) is 5.91 Å². The maximum Gasteiger partial charge on any atom is 0.387 e. The number of carbonyl (C=O) groups excluding carboxylic acids is 2. The summed E-state index contributed by atoms with van der Waals surface area (Å²) in [6, 6.07) is 11.1. The van der Waals surface area contributed by atoms with E-state index < -0.39 is 30.9 Å². The number of hydrogen-bond donors (Lipinski definition) is 1. The minimum Gasteiger partial charge on any atom is -0.452 e. The van der Waals surface area contributed by atoms with Gasteiger partial charge in [-0.25, -0.2) is 9.18 Å². The monoisotopic (exact) mass is 365 g/mol. The Morgan fingerprint density at radius 1 is 1.08 bits per heavy atom. The number of halogens is 3. The second-order valence-corrected chi connectivity index (χ2v) is 4.91. The molecule has 0 atom stereocenters. The van der Waals surface area contributed by atoms with Gasteiger partial charge < -0.3 is 14.8 Å². The van der Waals surface area contributed by atoms with Crippen LogP contribution in [0.25, 0.3) is 6.08 Å². The highest BCUT2D eigenvalue weighted by atomic mass is 19.3. The summed E-state index contributed by atoms with van der Waals surface area (Å²) < 4.78 is 46.3. The molecule has 26 heavy (non-hydrogen) atoms. The van der Waals surface area contributed by atoms with Crippen LogP contribution in [0.1, 0.15) is 5.56 Å². The number of hydrogen-bond acceptors (Lipinski definition) is 4. The SMILES string of the molecule is O=C(COC(=O)/C=C/c1ccccc1F)Nc1ccc(OC(F)F)cc1. The van der Waals surface area contributed by atoms with Gasteiger partial charge in [0.1, 0.15) is 11.6 Å². The van der Waals surface area contributed by atoms with Crippen molar-refractivity contribution in [1.82, 2.24) is 0 Å². The fraction of sp³-hybridized carbons (Fsp3) is 0.111. The fourth-order valence-electron chi connectivity index (χ4n) is 1.87.